The molecule has 2 aromatic carbocycles. The predicted molar refractivity (Wildman–Crippen MR) is 146 cm³/mol. The van der Waals surface area contributed by atoms with Crippen LogP contribution in [0.25, 0.3) is 10.9 Å². The minimum atomic E-state index is -0.740. The van der Waals surface area contributed by atoms with Crippen LogP contribution in [0.2, 0.25) is 0 Å². The van der Waals surface area contributed by atoms with Gasteiger partial charge in [0.2, 0.25) is 5.95 Å². The number of aromatic nitrogens is 2. The summed E-state index contributed by atoms with van der Waals surface area (Å²) in [7, 11) is 3.96. The van der Waals surface area contributed by atoms with Gasteiger partial charge in [-0.25, -0.2) is 14.6 Å². The standard InChI is InChI=1S/C28H36N6O3/c1-4-37-26(35)24(18-19-10-6-5-7-11-19)32-28(36)30-21-16-14-20(15-17-21)29-27-31-23-13-9-8-12-22(23)25(33-27)34(2)3/h5-13,20-21,24H,4,14-18H2,1-3H3,(H,29,31,33)(H2,30,32,36). The SMILES string of the molecule is CCOC(=O)C(Cc1ccccc1)NC(=O)NC1CCC(Nc2nc(N(C)C)c3ccccc3n2)CC1. The summed E-state index contributed by atoms with van der Waals surface area (Å²) in [4.78, 5) is 36.6. The molecule has 1 saturated carbocycles. The zero-order valence-electron chi connectivity index (χ0n) is 21.7. The van der Waals surface area contributed by atoms with Gasteiger partial charge >= 0.3 is 12.0 Å². The number of hydrogen-bond acceptors (Lipinski definition) is 7. The Bertz CT molecular complexity index is 1200. The Morgan fingerprint density at radius 2 is 1.65 bits per heavy atom. The summed E-state index contributed by atoms with van der Waals surface area (Å²) in [6, 6.07) is 16.8. The second kappa shape index (κ2) is 12.4. The van der Waals surface area contributed by atoms with E-state index in [9.17, 15) is 9.59 Å². The number of nitrogens with zero attached hydrogens (tertiary/aromatic N) is 3. The monoisotopic (exact) mass is 504 g/mol. The Morgan fingerprint density at radius 1 is 0.973 bits per heavy atom. The molecule has 0 bridgehead atoms. The number of esters is 1. The van der Waals surface area contributed by atoms with Crippen LogP contribution in [-0.2, 0) is 16.0 Å². The maximum atomic E-state index is 12.7. The minimum absolute atomic E-state index is 0.0347. The molecule has 1 aromatic heterocycles. The van der Waals surface area contributed by atoms with Gasteiger partial charge in [0, 0.05) is 38.0 Å². The molecule has 1 fully saturated rings. The highest BCUT2D eigenvalue weighted by Crippen LogP contribution is 2.26. The molecule has 1 heterocycles. The number of anilines is 2. The van der Waals surface area contributed by atoms with Crippen LogP contribution in [0.3, 0.4) is 0 Å². The number of fused-ring (bicyclic) bond motifs is 1. The molecule has 0 radical (unpaired) electrons. The fourth-order valence-electron chi connectivity index (χ4n) is 4.70. The summed E-state index contributed by atoms with van der Waals surface area (Å²) in [5.74, 6) is 1.07. The number of benzene rings is 2. The van der Waals surface area contributed by atoms with Crippen LogP contribution in [-0.4, -0.2) is 60.8 Å². The lowest BCUT2D eigenvalue weighted by molar-refractivity contribution is -0.145. The van der Waals surface area contributed by atoms with Gasteiger partial charge in [0.15, 0.2) is 0 Å². The molecule has 0 spiro atoms. The van der Waals surface area contributed by atoms with Gasteiger partial charge in [0.05, 0.1) is 12.1 Å². The summed E-state index contributed by atoms with van der Waals surface area (Å²) in [6.45, 7) is 2.02. The number of carbonyl (C=O) groups is 2. The van der Waals surface area contributed by atoms with Crippen LogP contribution in [0.5, 0.6) is 0 Å². The van der Waals surface area contributed by atoms with Gasteiger partial charge in [-0.2, -0.15) is 4.98 Å². The summed E-state index contributed by atoms with van der Waals surface area (Å²) in [5.41, 5.74) is 1.86. The van der Waals surface area contributed by atoms with Gasteiger partial charge in [-0.1, -0.05) is 42.5 Å². The van der Waals surface area contributed by atoms with Crippen molar-refractivity contribution >= 4 is 34.7 Å². The number of ether oxygens (including phenoxy) is 1. The third kappa shape index (κ3) is 7.09. The first-order chi connectivity index (χ1) is 17.9. The molecule has 1 atom stereocenters. The van der Waals surface area contributed by atoms with Crippen molar-refractivity contribution < 1.29 is 14.3 Å². The van der Waals surface area contributed by atoms with Crippen molar-refractivity contribution in [1.29, 1.82) is 0 Å². The summed E-state index contributed by atoms with van der Waals surface area (Å²) in [6.07, 6.45) is 3.78. The van der Waals surface area contributed by atoms with Crippen molar-refractivity contribution in [3.8, 4) is 0 Å². The molecule has 196 valence electrons. The summed E-state index contributed by atoms with van der Waals surface area (Å²) >= 11 is 0. The first-order valence-corrected chi connectivity index (χ1v) is 12.9. The molecule has 0 saturated heterocycles. The van der Waals surface area contributed by atoms with E-state index < -0.39 is 12.0 Å². The van der Waals surface area contributed by atoms with Crippen LogP contribution in [0.15, 0.2) is 54.6 Å². The highest BCUT2D eigenvalue weighted by molar-refractivity contribution is 5.90. The van der Waals surface area contributed by atoms with Crippen LogP contribution in [0.4, 0.5) is 16.6 Å². The van der Waals surface area contributed by atoms with E-state index >= 15 is 0 Å². The Kier molecular flexibility index (Phi) is 8.77. The van der Waals surface area contributed by atoms with Crippen LogP contribution < -0.4 is 20.9 Å². The predicted octanol–water partition coefficient (Wildman–Crippen LogP) is 3.89. The maximum absolute atomic E-state index is 12.7. The highest BCUT2D eigenvalue weighted by Gasteiger charge is 2.26. The molecule has 3 N–H and O–H groups in total. The van der Waals surface area contributed by atoms with Crippen molar-refractivity contribution in [3.05, 3.63) is 60.2 Å². The normalized spacial score (nSPS) is 18.0. The first-order valence-electron chi connectivity index (χ1n) is 12.9. The summed E-state index contributed by atoms with van der Waals surface area (Å²) in [5, 5.41) is 10.4. The van der Waals surface area contributed by atoms with E-state index in [1.165, 1.54) is 0 Å². The zero-order chi connectivity index (χ0) is 26.2. The van der Waals surface area contributed by atoms with Gasteiger partial charge in [-0.3, -0.25) is 0 Å². The number of rotatable bonds is 9. The number of nitrogens with one attached hydrogen (secondary N) is 3. The van der Waals surface area contributed by atoms with Crippen molar-refractivity contribution in [3.63, 3.8) is 0 Å². The Balaban J connectivity index is 1.31. The fourth-order valence-corrected chi connectivity index (χ4v) is 4.70. The molecule has 4 rings (SSSR count). The highest BCUT2D eigenvalue weighted by atomic mass is 16.5. The van der Waals surface area contributed by atoms with Gasteiger partial charge in [-0.15, -0.1) is 0 Å². The average molecular weight is 505 g/mol. The van der Waals surface area contributed by atoms with E-state index in [2.05, 4.69) is 16.0 Å². The molecule has 1 aliphatic carbocycles. The van der Waals surface area contributed by atoms with Gasteiger partial charge in [0.25, 0.3) is 0 Å². The molecule has 1 aliphatic rings. The van der Waals surface area contributed by atoms with E-state index in [1.807, 2.05) is 73.6 Å². The lowest BCUT2D eigenvalue weighted by Crippen LogP contribution is -2.51. The Morgan fingerprint density at radius 3 is 2.35 bits per heavy atom. The van der Waals surface area contributed by atoms with Crippen molar-refractivity contribution in [2.24, 2.45) is 0 Å². The third-order valence-electron chi connectivity index (χ3n) is 6.56. The molecule has 1 unspecified atom stereocenters. The van der Waals surface area contributed by atoms with Gasteiger partial charge in [0.1, 0.15) is 11.9 Å². The van der Waals surface area contributed by atoms with Gasteiger partial charge < -0.3 is 25.6 Å². The Labute approximate surface area is 218 Å². The van der Waals surface area contributed by atoms with Crippen LogP contribution in [0, 0.1) is 0 Å². The third-order valence-corrected chi connectivity index (χ3v) is 6.56. The zero-order valence-corrected chi connectivity index (χ0v) is 21.7. The Hall–Kier alpha value is -3.88. The molecule has 37 heavy (non-hydrogen) atoms. The van der Waals surface area contributed by atoms with E-state index in [0.717, 1.165) is 48.0 Å². The lowest BCUT2D eigenvalue weighted by Gasteiger charge is -2.30. The fraction of sp³-hybridized carbons (Fsp3) is 0.429. The first kappa shape index (κ1) is 26.2. The second-order valence-corrected chi connectivity index (χ2v) is 9.59. The smallest absolute Gasteiger partial charge is 0.329 e. The van der Waals surface area contributed by atoms with Crippen molar-refractivity contribution in [1.82, 2.24) is 20.6 Å². The molecule has 9 heteroatoms. The minimum Gasteiger partial charge on any atom is -0.464 e. The number of urea groups is 1. The van der Waals surface area contributed by atoms with E-state index in [-0.39, 0.29) is 24.7 Å². The van der Waals surface area contributed by atoms with Crippen molar-refractivity contribution in [2.45, 2.75) is 57.2 Å². The van der Waals surface area contributed by atoms with Crippen LogP contribution in [0.1, 0.15) is 38.2 Å². The quantitative estimate of drug-likeness (QED) is 0.379. The van der Waals surface area contributed by atoms with E-state index in [4.69, 9.17) is 14.7 Å². The van der Waals surface area contributed by atoms with Crippen LogP contribution >= 0.6 is 0 Å². The van der Waals surface area contributed by atoms with E-state index in [1.54, 1.807) is 6.92 Å². The number of hydrogen-bond donors (Lipinski definition) is 3. The van der Waals surface area contributed by atoms with Crippen molar-refractivity contribution in [2.75, 3.05) is 30.9 Å². The molecule has 3 aromatic rings. The van der Waals surface area contributed by atoms with E-state index in [0.29, 0.717) is 12.4 Å². The molecular weight excluding hydrogens is 468 g/mol. The molecular formula is C28H36N6O3. The number of amides is 2. The number of carbonyl (C=O) groups excluding carboxylic acids is 2. The molecule has 9 nitrogen and oxygen atoms in total. The second-order valence-electron chi connectivity index (χ2n) is 9.59. The average Bonchev–Trinajstić information content (AvgIpc) is 2.89. The molecule has 0 aliphatic heterocycles. The summed E-state index contributed by atoms with van der Waals surface area (Å²) < 4.78 is 5.18. The number of para-hydroxylation sites is 1. The lowest BCUT2D eigenvalue weighted by atomic mass is 9.91. The molecule has 2 amide bonds. The maximum Gasteiger partial charge on any atom is 0.329 e. The van der Waals surface area contributed by atoms with Gasteiger partial charge in [-0.05, 0) is 50.3 Å². The topological polar surface area (TPSA) is 108 Å². The largest absolute Gasteiger partial charge is 0.464 e.